The van der Waals surface area contributed by atoms with Crippen molar-refractivity contribution < 1.29 is 15.0 Å². The Hall–Kier alpha value is -1.37. The number of hydrogen-bond donors (Lipinski definition) is 2. The van der Waals surface area contributed by atoms with Gasteiger partial charge < -0.3 is 10.2 Å². The molecule has 0 bridgehead atoms. The maximum Gasteiger partial charge on any atom is 0.355 e. The number of benzene rings is 1. The molecule has 0 saturated heterocycles. The van der Waals surface area contributed by atoms with Crippen LogP contribution < -0.4 is 0 Å². The number of hydrogen-bond acceptors (Lipinski definition) is 5. The lowest BCUT2D eigenvalue weighted by molar-refractivity contribution is 0.0691. The third-order valence-electron chi connectivity index (χ3n) is 2.64. The van der Waals surface area contributed by atoms with Gasteiger partial charge in [-0.25, -0.2) is 9.78 Å². The van der Waals surface area contributed by atoms with Gasteiger partial charge in [-0.2, -0.15) is 11.8 Å². The van der Waals surface area contributed by atoms with E-state index >= 15 is 0 Å². The van der Waals surface area contributed by atoms with E-state index in [9.17, 15) is 4.79 Å². The molecule has 0 atom stereocenters. The first-order valence-electron chi connectivity index (χ1n) is 6.17. The molecule has 2 aromatic rings. The summed E-state index contributed by atoms with van der Waals surface area (Å²) >= 11 is 3.13. The maximum absolute atomic E-state index is 10.8. The monoisotopic (exact) mass is 309 g/mol. The van der Waals surface area contributed by atoms with Crippen molar-refractivity contribution in [1.82, 2.24) is 4.98 Å². The smallest absolute Gasteiger partial charge is 0.355 e. The second-order valence-electron chi connectivity index (χ2n) is 4.17. The number of aliphatic hydroxyl groups excluding tert-OH is 1. The Balaban J connectivity index is 1.98. The zero-order valence-electron chi connectivity index (χ0n) is 10.8. The molecule has 0 aliphatic rings. The van der Waals surface area contributed by atoms with Crippen LogP contribution in [0.15, 0.2) is 29.6 Å². The molecule has 20 heavy (non-hydrogen) atoms. The fourth-order valence-corrected chi connectivity index (χ4v) is 3.31. The molecule has 2 N–H and O–H groups in total. The van der Waals surface area contributed by atoms with E-state index in [4.69, 9.17) is 10.2 Å². The number of thiazole rings is 1. The van der Waals surface area contributed by atoms with E-state index < -0.39 is 5.97 Å². The summed E-state index contributed by atoms with van der Waals surface area (Å²) in [6.45, 7) is 0.238. The molecular weight excluding hydrogens is 294 g/mol. The van der Waals surface area contributed by atoms with E-state index in [0.717, 1.165) is 28.5 Å². The van der Waals surface area contributed by atoms with Gasteiger partial charge in [0.15, 0.2) is 5.69 Å². The Morgan fingerprint density at radius 2 is 2.05 bits per heavy atom. The lowest BCUT2D eigenvalue weighted by Gasteiger charge is -2.02. The van der Waals surface area contributed by atoms with Crippen molar-refractivity contribution in [2.75, 3.05) is 12.4 Å². The fourth-order valence-electron chi connectivity index (χ4n) is 1.60. The van der Waals surface area contributed by atoms with Crippen LogP contribution in [-0.4, -0.2) is 33.5 Å². The normalized spacial score (nSPS) is 10.7. The highest BCUT2D eigenvalue weighted by Crippen LogP contribution is 2.25. The van der Waals surface area contributed by atoms with Crippen LogP contribution in [0.3, 0.4) is 0 Å². The molecular formula is C14H15NO3S2. The van der Waals surface area contributed by atoms with Gasteiger partial charge in [0.2, 0.25) is 0 Å². The van der Waals surface area contributed by atoms with Crippen molar-refractivity contribution in [2.45, 2.75) is 12.2 Å². The standard InChI is InChI=1S/C14H15NO3S2/c16-6-1-7-19-8-10-2-4-11(5-3-10)13-15-12(9-20-13)14(17)18/h2-5,9,16H,1,6-8H2,(H,17,18). The van der Waals surface area contributed by atoms with Crippen LogP contribution in [0.4, 0.5) is 0 Å². The van der Waals surface area contributed by atoms with Gasteiger partial charge in [0.25, 0.3) is 0 Å². The highest BCUT2D eigenvalue weighted by Gasteiger charge is 2.09. The van der Waals surface area contributed by atoms with Crippen molar-refractivity contribution in [3.63, 3.8) is 0 Å². The van der Waals surface area contributed by atoms with Gasteiger partial charge in [-0.1, -0.05) is 24.3 Å². The van der Waals surface area contributed by atoms with Crippen molar-refractivity contribution >= 4 is 29.1 Å². The summed E-state index contributed by atoms with van der Waals surface area (Å²) in [6.07, 6.45) is 0.819. The zero-order valence-corrected chi connectivity index (χ0v) is 12.4. The number of rotatable bonds is 7. The van der Waals surface area contributed by atoms with Gasteiger partial charge >= 0.3 is 5.97 Å². The molecule has 1 aromatic heterocycles. The van der Waals surface area contributed by atoms with Crippen LogP contribution in [0.25, 0.3) is 10.6 Å². The average molecular weight is 309 g/mol. The van der Waals surface area contributed by atoms with E-state index in [-0.39, 0.29) is 12.3 Å². The Labute approximate surface area is 125 Å². The van der Waals surface area contributed by atoms with E-state index in [2.05, 4.69) is 4.98 Å². The minimum absolute atomic E-state index is 0.0913. The summed E-state index contributed by atoms with van der Waals surface area (Å²) in [7, 11) is 0. The van der Waals surface area contributed by atoms with E-state index in [1.165, 1.54) is 16.9 Å². The minimum Gasteiger partial charge on any atom is -0.476 e. The Bertz CT molecular complexity index is 566. The van der Waals surface area contributed by atoms with E-state index in [1.807, 2.05) is 24.3 Å². The molecule has 1 aromatic carbocycles. The molecule has 0 unspecified atom stereocenters. The predicted molar refractivity (Wildman–Crippen MR) is 82.4 cm³/mol. The van der Waals surface area contributed by atoms with Gasteiger partial charge in [-0.05, 0) is 17.7 Å². The van der Waals surface area contributed by atoms with Crippen LogP contribution >= 0.6 is 23.1 Å². The first-order chi connectivity index (χ1) is 9.70. The first-order valence-corrected chi connectivity index (χ1v) is 8.21. The summed E-state index contributed by atoms with van der Waals surface area (Å²) in [4.78, 5) is 14.9. The molecule has 0 fully saturated rings. The van der Waals surface area contributed by atoms with Crippen LogP contribution in [0.5, 0.6) is 0 Å². The molecule has 2 rings (SSSR count). The number of thioether (sulfide) groups is 1. The predicted octanol–water partition coefficient (Wildman–Crippen LogP) is 3.12. The molecule has 6 heteroatoms. The van der Waals surface area contributed by atoms with Crippen LogP contribution in [0.2, 0.25) is 0 Å². The molecule has 106 valence electrons. The number of aromatic nitrogens is 1. The van der Waals surface area contributed by atoms with Crippen LogP contribution in [-0.2, 0) is 5.75 Å². The third kappa shape index (κ3) is 4.06. The van der Waals surface area contributed by atoms with Gasteiger partial charge in [0, 0.05) is 23.3 Å². The summed E-state index contributed by atoms with van der Waals surface area (Å²) < 4.78 is 0. The molecule has 0 aliphatic heterocycles. The highest BCUT2D eigenvalue weighted by atomic mass is 32.2. The van der Waals surface area contributed by atoms with E-state index in [1.54, 1.807) is 17.1 Å². The fraction of sp³-hybridized carbons (Fsp3) is 0.286. The molecule has 0 saturated carbocycles. The average Bonchev–Trinajstić information content (AvgIpc) is 2.94. The molecule has 1 heterocycles. The maximum atomic E-state index is 10.8. The molecule has 0 spiro atoms. The summed E-state index contributed by atoms with van der Waals surface area (Å²) in [5, 5.41) is 19.8. The Kier molecular flexibility index (Phi) is 5.58. The van der Waals surface area contributed by atoms with Crippen molar-refractivity contribution in [2.24, 2.45) is 0 Å². The lowest BCUT2D eigenvalue weighted by atomic mass is 10.2. The summed E-state index contributed by atoms with van der Waals surface area (Å²) in [5.74, 6) is 0.870. The number of carboxylic acid groups (broad SMARTS) is 1. The second-order valence-corrected chi connectivity index (χ2v) is 6.13. The zero-order chi connectivity index (χ0) is 14.4. The quantitative estimate of drug-likeness (QED) is 0.769. The minimum atomic E-state index is -0.996. The highest BCUT2D eigenvalue weighted by molar-refractivity contribution is 7.98. The van der Waals surface area contributed by atoms with Gasteiger partial charge in [-0.3, -0.25) is 0 Å². The molecule has 4 nitrogen and oxygen atoms in total. The largest absolute Gasteiger partial charge is 0.476 e. The first kappa shape index (κ1) is 15.0. The lowest BCUT2D eigenvalue weighted by Crippen LogP contribution is -1.95. The van der Waals surface area contributed by atoms with E-state index in [0.29, 0.717) is 0 Å². The van der Waals surface area contributed by atoms with Gasteiger partial charge in [0.05, 0.1) is 0 Å². The molecule has 0 aliphatic carbocycles. The third-order valence-corrected chi connectivity index (χ3v) is 4.65. The Morgan fingerprint density at radius 1 is 1.30 bits per heavy atom. The van der Waals surface area contributed by atoms with Crippen LogP contribution in [0.1, 0.15) is 22.5 Å². The van der Waals surface area contributed by atoms with Crippen molar-refractivity contribution in [3.8, 4) is 10.6 Å². The number of carbonyl (C=O) groups is 1. The Morgan fingerprint density at radius 3 is 2.65 bits per heavy atom. The number of nitrogens with zero attached hydrogens (tertiary/aromatic N) is 1. The molecule has 0 amide bonds. The number of aliphatic hydroxyl groups is 1. The summed E-state index contributed by atoms with van der Waals surface area (Å²) in [6, 6.07) is 7.99. The van der Waals surface area contributed by atoms with Gasteiger partial charge in [-0.15, -0.1) is 11.3 Å². The van der Waals surface area contributed by atoms with Gasteiger partial charge in [0.1, 0.15) is 5.01 Å². The summed E-state index contributed by atoms with van der Waals surface area (Å²) in [5.41, 5.74) is 2.24. The van der Waals surface area contributed by atoms with Crippen LogP contribution in [0, 0.1) is 0 Å². The number of aromatic carboxylic acids is 1. The second kappa shape index (κ2) is 7.42. The molecule has 0 radical (unpaired) electrons. The topological polar surface area (TPSA) is 70.4 Å². The van der Waals surface area contributed by atoms with Crippen molar-refractivity contribution in [1.29, 1.82) is 0 Å². The van der Waals surface area contributed by atoms with Crippen molar-refractivity contribution in [3.05, 3.63) is 40.9 Å². The number of carboxylic acids is 1. The SMILES string of the molecule is O=C(O)c1csc(-c2ccc(CSCCCO)cc2)n1.